The molecular formula is C7H11N3S. The molecule has 4 heteroatoms. The van der Waals surface area contributed by atoms with Crippen molar-refractivity contribution in [2.45, 2.75) is 12.2 Å². The summed E-state index contributed by atoms with van der Waals surface area (Å²) in [6.07, 6.45) is 5.85. The molecule has 0 aromatic carbocycles. The van der Waals surface area contributed by atoms with Crippen LogP contribution in [0.5, 0.6) is 0 Å². The molecule has 11 heavy (non-hydrogen) atoms. The Kier molecular flexibility index (Phi) is 6.62. The zero-order chi connectivity index (χ0) is 8.53. The number of aliphatic imine (C=N–C) groups is 3. The Morgan fingerprint density at radius 2 is 1.91 bits per heavy atom. The lowest BCUT2D eigenvalue weighted by atomic mass is 10.5. The second-order valence-electron chi connectivity index (χ2n) is 1.75. The lowest BCUT2D eigenvalue weighted by Crippen LogP contribution is -1.90. The van der Waals surface area contributed by atoms with Gasteiger partial charge in [-0.3, -0.25) is 0 Å². The summed E-state index contributed by atoms with van der Waals surface area (Å²) in [5.41, 5.74) is 0. The second kappa shape index (κ2) is 7.21. The Hall–Kier alpha value is -0.900. The zero-order valence-corrected chi connectivity index (χ0v) is 7.28. The maximum absolute atomic E-state index is 4.08. The predicted octanol–water partition coefficient (Wildman–Crippen LogP) is 1.58. The Balaban J connectivity index is 3.59. The van der Waals surface area contributed by atoms with Gasteiger partial charge < -0.3 is 0 Å². The molecule has 0 N–H and O–H groups in total. The molecule has 0 saturated heterocycles. The van der Waals surface area contributed by atoms with E-state index in [1.807, 2.05) is 6.92 Å². The molecule has 0 rings (SSSR count). The lowest BCUT2D eigenvalue weighted by Gasteiger charge is -1.86. The van der Waals surface area contributed by atoms with Gasteiger partial charge in [0.15, 0.2) is 0 Å². The minimum atomic E-state index is 0.151. The molecule has 0 aromatic heterocycles. The van der Waals surface area contributed by atoms with Gasteiger partial charge in [0.1, 0.15) is 12.7 Å². The molecule has 0 unspecified atom stereocenters. The highest BCUT2D eigenvalue weighted by molar-refractivity contribution is 7.81. The third kappa shape index (κ3) is 9.10. The first-order chi connectivity index (χ1) is 5.27. The van der Waals surface area contributed by atoms with Crippen LogP contribution in [-0.4, -0.2) is 24.1 Å². The first-order valence-electron chi connectivity index (χ1n) is 3.13. The third-order valence-corrected chi connectivity index (χ3v) is 0.807. The highest BCUT2D eigenvalue weighted by Gasteiger charge is 1.80. The number of thiol groups is 1. The van der Waals surface area contributed by atoms with E-state index < -0.39 is 0 Å². The smallest absolute Gasteiger partial charge is 0.117 e. The minimum Gasteiger partial charge on any atom is -0.248 e. The van der Waals surface area contributed by atoms with Crippen molar-refractivity contribution in [3.8, 4) is 0 Å². The normalized spacial score (nSPS) is 15.1. The van der Waals surface area contributed by atoms with Crippen LogP contribution in [-0.2, 0) is 0 Å². The van der Waals surface area contributed by atoms with Crippen LogP contribution in [0.15, 0.2) is 27.8 Å². The van der Waals surface area contributed by atoms with Gasteiger partial charge >= 0.3 is 0 Å². The van der Waals surface area contributed by atoms with Gasteiger partial charge in [-0.1, -0.05) is 6.58 Å². The molecule has 0 spiro atoms. The Bertz CT molecular complexity index is 182. The van der Waals surface area contributed by atoms with E-state index in [9.17, 15) is 0 Å². The van der Waals surface area contributed by atoms with Gasteiger partial charge in [-0.15, -0.1) is 0 Å². The zero-order valence-electron chi connectivity index (χ0n) is 6.38. The van der Waals surface area contributed by atoms with Crippen LogP contribution in [0.3, 0.4) is 0 Å². The first kappa shape index (κ1) is 10.1. The fraction of sp³-hybridized carbons (Fsp3) is 0.286. The summed E-state index contributed by atoms with van der Waals surface area (Å²) in [6.45, 7) is 5.30. The van der Waals surface area contributed by atoms with E-state index in [1.165, 1.54) is 18.9 Å². The van der Waals surface area contributed by atoms with E-state index in [0.29, 0.717) is 0 Å². The van der Waals surface area contributed by atoms with E-state index in [0.717, 1.165) is 0 Å². The molecule has 0 saturated carbocycles. The van der Waals surface area contributed by atoms with Gasteiger partial charge in [-0.25, -0.2) is 15.0 Å². The average Bonchev–Trinajstić information content (AvgIpc) is 1.96. The van der Waals surface area contributed by atoms with Crippen LogP contribution in [0.2, 0.25) is 0 Å². The molecule has 0 aliphatic carbocycles. The van der Waals surface area contributed by atoms with Crippen LogP contribution in [0.1, 0.15) is 6.92 Å². The predicted molar refractivity (Wildman–Crippen MR) is 54.1 cm³/mol. The molecule has 60 valence electrons. The number of nitrogens with zero attached hydrogens (tertiary/aromatic N) is 3. The summed E-state index contributed by atoms with van der Waals surface area (Å²) in [4.78, 5) is 11.2. The van der Waals surface area contributed by atoms with Crippen molar-refractivity contribution in [3.63, 3.8) is 0 Å². The number of rotatable bonds is 4. The molecule has 0 amide bonds. The lowest BCUT2D eigenvalue weighted by molar-refractivity contribution is 1.36. The molecular weight excluding hydrogens is 158 g/mol. The van der Waals surface area contributed by atoms with Gasteiger partial charge in [0.25, 0.3) is 0 Å². The van der Waals surface area contributed by atoms with Gasteiger partial charge in [-0.2, -0.15) is 12.6 Å². The summed E-state index contributed by atoms with van der Waals surface area (Å²) in [5.74, 6) is 0. The first-order valence-corrected chi connectivity index (χ1v) is 3.64. The van der Waals surface area contributed by atoms with Gasteiger partial charge in [0.2, 0.25) is 0 Å². The largest absolute Gasteiger partial charge is 0.248 e. The molecule has 0 aromatic rings. The topological polar surface area (TPSA) is 37.1 Å². The Morgan fingerprint density at radius 3 is 2.45 bits per heavy atom. The standard InChI is InChI=1S/C7H11N3S/c1-3-8-5-10-6-9-4-7(2)11/h3-7,11H,1H2,2H3/t7-/m1/s1. The van der Waals surface area contributed by atoms with Crippen molar-refractivity contribution in [1.29, 1.82) is 0 Å². The fourth-order valence-electron chi connectivity index (χ4n) is 0.317. The van der Waals surface area contributed by atoms with Crippen LogP contribution in [0, 0.1) is 0 Å². The van der Waals surface area contributed by atoms with Crippen LogP contribution in [0.25, 0.3) is 0 Å². The Morgan fingerprint density at radius 1 is 1.27 bits per heavy atom. The average molecular weight is 169 g/mol. The van der Waals surface area contributed by atoms with Crippen LogP contribution in [0.4, 0.5) is 0 Å². The van der Waals surface area contributed by atoms with Gasteiger partial charge in [-0.05, 0) is 6.92 Å². The van der Waals surface area contributed by atoms with Gasteiger partial charge in [0.05, 0.1) is 0 Å². The molecule has 0 bridgehead atoms. The molecule has 3 nitrogen and oxygen atoms in total. The molecule has 0 heterocycles. The maximum atomic E-state index is 4.08. The van der Waals surface area contributed by atoms with E-state index in [4.69, 9.17) is 0 Å². The van der Waals surface area contributed by atoms with Crippen molar-refractivity contribution in [1.82, 2.24) is 0 Å². The summed E-state index contributed by atoms with van der Waals surface area (Å²) in [7, 11) is 0. The summed E-state index contributed by atoms with van der Waals surface area (Å²) >= 11 is 4.08. The Labute approximate surface area is 72.1 Å². The van der Waals surface area contributed by atoms with Crippen LogP contribution >= 0.6 is 12.6 Å². The molecule has 0 aliphatic heterocycles. The van der Waals surface area contributed by atoms with Crippen molar-refractivity contribution < 1.29 is 0 Å². The van der Waals surface area contributed by atoms with Crippen molar-refractivity contribution in [3.05, 3.63) is 12.8 Å². The number of hydrogen-bond donors (Lipinski definition) is 1. The minimum absolute atomic E-state index is 0.151. The monoisotopic (exact) mass is 169 g/mol. The number of hydrogen-bond acceptors (Lipinski definition) is 2. The van der Waals surface area contributed by atoms with Crippen molar-refractivity contribution in [2.75, 3.05) is 0 Å². The highest BCUT2D eigenvalue weighted by atomic mass is 32.1. The van der Waals surface area contributed by atoms with Crippen LogP contribution < -0.4 is 0 Å². The second-order valence-corrected chi connectivity index (χ2v) is 2.56. The van der Waals surface area contributed by atoms with Gasteiger partial charge in [0, 0.05) is 17.7 Å². The molecule has 1 atom stereocenters. The quantitative estimate of drug-likeness (QED) is 0.377. The molecule has 0 radical (unpaired) electrons. The van der Waals surface area contributed by atoms with E-state index in [-0.39, 0.29) is 5.25 Å². The summed E-state index contributed by atoms with van der Waals surface area (Å²) < 4.78 is 0. The third-order valence-electron chi connectivity index (χ3n) is 0.674. The van der Waals surface area contributed by atoms with E-state index >= 15 is 0 Å². The molecule has 0 aliphatic rings. The summed E-state index contributed by atoms with van der Waals surface area (Å²) in [6, 6.07) is 0. The SMILES string of the molecule is C=CN=CN=CN=C[C@@H](C)S. The molecule has 0 fully saturated rings. The van der Waals surface area contributed by atoms with E-state index in [2.05, 4.69) is 34.2 Å². The summed E-state index contributed by atoms with van der Waals surface area (Å²) in [5, 5.41) is 0.151. The highest BCUT2D eigenvalue weighted by Crippen LogP contribution is 1.84. The maximum Gasteiger partial charge on any atom is 0.117 e. The van der Waals surface area contributed by atoms with Crippen molar-refractivity contribution in [2.24, 2.45) is 15.0 Å². The van der Waals surface area contributed by atoms with E-state index in [1.54, 1.807) is 6.21 Å². The fourth-order valence-corrected chi connectivity index (χ4v) is 0.394. The van der Waals surface area contributed by atoms with Crippen molar-refractivity contribution >= 4 is 31.5 Å².